The molecule has 3 aromatic rings. The molecule has 3 heterocycles. The van der Waals surface area contributed by atoms with Crippen LogP contribution in [-0.2, 0) is 18.0 Å². The maximum atomic E-state index is 13.2. The largest absolute Gasteiger partial charge is 0.342 e. The number of hydrogen-bond acceptors (Lipinski definition) is 6. The standard InChI is InChI=1S/C25H34N6O2S2/c1-24(2,3)35(33)29-21-6-5-9-25(21)10-12-31(13-11-25)23-26-16-20(22(32)30(23)4)34-18-7-8-19-17(14-18)15-27-28-19/h7-8,14-16,21,29H,5-6,9-13H2,1-4H3,(H,27,28)/t21-,35-/m1/s1. The van der Waals surface area contributed by atoms with E-state index < -0.39 is 11.0 Å². The molecule has 2 aliphatic rings. The molecule has 10 heteroatoms. The second-order valence-corrected chi connectivity index (χ2v) is 13.9. The molecule has 1 aliphatic carbocycles. The molecule has 0 radical (unpaired) electrons. The Morgan fingerprint density at radius 3 is 2.71 bits per heavy atom. The maximum absolute atomic E-state index is 13.2. The van der Waals surface area contributed by atoms with E-state index in [4.69, 9.17) is 4.98 Å². The molecule has 8 nitrogen and oxygen atoms in total. The molecule has 1 aromatic carbocycles. The summed E-state index contributed by atoms with van der Waals surface area (Å²) in [5, 5.41) is 8.03. The molecule has 1 aliphatic heterocycles. The fourth-order valence-electron chi connectivity index (χ4n) is 5.37. The number of anilines is 1. The van der Waals surface area contributed by atoms with E-state index in [1.807, 2.05) is 46.0 Å². The van der Waals surface area contributed by atoms with Gasteiger partial charge in [0.1, 0.15) is 0 Å². The summed E-state index contributed by atoms with van der Waals surface area (Å²) in [6.07, 6.45) is 8.95. The highest BCUT2D eigenvalue weighted by atomic mass is 32.2. The van der Waals surface area contributed by atoms with E-state index in [-0.39, 0.29) is 21.8 Å². The van der Waals surface area contributed by atoms with Gasteiger partial charge in [-0.2, -0.15) is 5.10 Å². The predicted molar refractivity (Wildman–Crippen MR) is 142 cm³/mol. The lowest BCUT2D eigenvalue weighted by molar-refractivity contribution is 0.187. The molecule has 5 rings (SSSR count). The number of rotatable bonds is 5. The monoisotopic (exact) mass is 514 g/mol. The Labute approximate surface area is 212 Å². The average Bonchev–Trinajstić information content (AvgIpc) is 3.44. The zero-order valence-corrected chi connectivity index (χ0v) is 22.5. The van der Waals surface area contributed by atoms with Crippen LogP contribution in [0.15, 0.2) is 45.2 Å². The van der Waals surface area contributed by atoms with Gasteiger partial charge in [0.25, 0.3) is 5.56 Å². The van der Waals surface area contributed by atoms with E-state index in [0.717, 1.165) is 54.1 Å². The zero-order valence-electron chi connectivity index (χ0n) is 20.8. The smallest absolute Gasteiger partial charge is 0.268 e. The van der Waals surface area contributed by atoms with E-state index >= 15 is 0 Å². The number of H-pyrrole nitrogens is 1. The van der Waals surface area contributed by atoms with Crippen LogP contribution in [0.25, 0.3) is 10.9 Å². The molecule has 188 valence electrons. The molecule has 0 amide bonds. The fraction of sp³-hybridized carbons (Fsp3) is 0.560. The van der Waals surface area contributed by atoms with Gasteiger partial charge in [0, 0.05) is 36.5 Å². The Hall–Kier alpha value is -2.17. The van der Waals surface area contributed by atoms with Gasteiger partial charge < -0.3 is 4.90 Å². The Kier molecular flexibility index (Phi) is 6.56. The molecule has 1 spiro atoms. The molecule has 0 unspecified atom stereocenters. The molecule has 0 bridgehead atoms. The average molecular weight is 515 g/mol. The van der Waals surface area contributed by atoms with Crippen LogP contribution in [-0.4, -0.2) is 47.8 Å². The van der Waals surface area contributed by atoms with Crippen molar-refractivity contribution in [1.29, 1.82) is 0 Å². The molecule has 1 saturated carbocycles. The molecular weight excluding hydrogens is 480 g/mol. The van der Waals surface area contributed by atoms with Crippen LogP contribution < -0.4 is 15.2 Å². The first-order valence-electron chi connectivity index (χ1n) is 12.3. The predicted octanol–water partition coefficient (Wildman–Crippen LogP) is 4.00. The van der Waals surface area contributed by atoms with E-state index in [9.17, 15) is 9.00 Å². The minimum atomic E-state index is -1.06. The van der Waals surface area contributed by atoms with Gasteiger partial charge in [-0.25, -0.2) is 13.9 Å². The molecule has 2 fully saturated rings. The lowest BCUT2D eigenvalue weighted by Crippen LogP contribution is -2.51. The fourth-order valence-corrected chi connectivity index (χ4v) is 7.25. The van der Waals surface area contributed by atoms with Crippen LogP contribution >= 0.6 is 11.8 Å². The summed E-state index contributed by atoms with van der Waals surface area (Å²) in [5.74, 6) is 0.722. The number of aromatic nitrogens is 4. The van der Waals surface area contributed by atoms with Crippen molar-refractivity contribution >= 4 is 39.6 Å². The highest BCUT2D eigenvalue weighted by Crippen LogP contribution is 2.47. The van der Waals surface area contributed by atoms with Gasteiger partial charge in [-0.05, 0) is 70.1 Å². The van der Waals surface area contributed by atoms with E-state index in [0.29, 0.717) is 4.90 Å². The Bertz CT molecular complexity index is 1300. The molecule has 35 heavy (non-hydrogen) atoms. The lowest BCUT2D eigenvalue weighted by Gasteiger charge is -2.44. The molecular formula is C25H34N6O2S2. The second kappa shape index (κ2) is 9.37. The van der Waals surface area contributed by atoms with Crippen LogP contribution in [0.2, 0.25) is 0 Å². The first-order chi connectivity index (χ1) is 16.7. The van der Waals surface area contributed by atoms with Crippen molar-refractivity contribution in [1.82, 2.24) is 24.5 Å². The van der Waals surface area contributed by atoms with Gasteiger partial charge in [-0.15, -0.1) is 0 Å². The molecule has 1 saturated heterocycles. The summed E-state index contributed by atoms with van der Waals surface area (Å²) in [7, 11) is 0.750. The van der Waals surface area contributed by atoms with Crippen molar-refractivity contribution in [3.63, 3.8) is 0 Å². The maximum Gasteiger partial charge on any atom is 0.268 e. The normalized spacial score (nSPS) is 21.1. The first-order valence-corrected chi connectivity index (χ1v) is 14.2. The van der Waals surface area contributed by atoms with Crippen molar-refractivity contribution in [3.8, 4) is 0 Å². The topological polar surface area (TPSA) is 95.9 Å². The number of aromatic amines is 1. The summed E-state index contributed by atoms with van der Waals surface area (Å²) in [6.45, 7) is 7.76. The summed E-state index contributed by atoms with van der Waals surface area (Å²) >= 11 is 1.43. The number of nitrogens with one attached hydrogen (secondary N) is 2. The van der Waals surface area contributed by atoms with Gasteiger partial charge >= 0.3 is 0 Å². The van der Waals surface area contributed by atoms with E-state index in [2.05, 4.69) is 19.8 Å². The Balaban J connectivity index is 1.28. The van der Waals surface area contributed by atoms with Gasteiger partial charge in [0.2, 0.25) is 5.95 Å². The van der Waals surface area contributed by atoms with Crippen LogP contribution in [0.1, 0.15) is 52.9 Å². The SMILES string of the molecule is Cn1c(N2CCC3(CCC[C@H]3N[S@](=O)C(C)(C)C)CC2)ncc(Sc2ccc3[nH]ncc3c2)c1=O. The highest BCUT2D eigenvalue weighted by molar-refractivity contribution is 7.99. The van der Waals surface area contributed by atoms with Crippen LogP contribution in [0, 0.1) is 5.41 Å². The second-order valence-electron chi connectivity index (χ2n) is 10.8. The Morgan fingerprint density at radius 2 is 1.97 bits per heavy atom. The Morgan fingerprint density at radius 1 is 1.20 bits per heavy atom. The van der Waals surface area contributed by atoms with Crippen molar-refractivity contribution in [2.24, 2.45) is 12.5 Å². The van der Waals surface area contributed by atoms with Crippen molar-refractivity contribution in [2.75, 3.05) is 18.0 Å². The molecule has 2 N–H and O–H groups in total. The summed E-state index contributed by atoms with van der Waals surface area (Å²) in [6, 6.07) is 6.27. The number of hydrogen-bond donors (Lipinski definition) is 2. The van der Waals surface area contributed by atoms with Crippen molar-refractivity contribution in [2.45, 2.75) is 73.5 Å². The van der Waals surface area contributed by atoms with E-state index in [1.165, 1.54) is 24.6 Å². The summed E-state index contributed by atoms with van der Waals surface area (Å²) < 4.78 is 17.6. The zero-order chi connectivity index (χ0) is 24.8. The summed E-state index contributed by atoms with van der Waals surface area (Å²) in [5.41, 5.74) is 1.12. The third-order valence-corrected chi connectivity index (χ3v) is 10.1. The van der Waals surface area contributed by atoms with Gasteiger partial charge in [-0.1, -0.05) is 18.2 Å². The van der Waals surface area contributed by atoms with Crippen molar-refractivity contribution < 1.29 is 4.21 Å². The minimum absolute atomic E-state index is 0.0337. The van der Waals surface area contributed by atoms with Crippen molar-refractivity contribution in [3.05, 3.63) is 40.9 Å². The van der Waals surface area contributed by atoms with E-state index in [1.54, 1.807) is 17.0 Å². The van der Waals surface area contributed by atoms with Crippen LogP contribution in [0.5, 0.6) is 0 Å². The minimum Gasteiger partial charge on any atom is -0.342 e. The van der Waals surface area contributed by atoms with Gasteiger partial charge in [0.05, 0.1) is 38.5 Å². The quantitative estimate of drug-likeness (QED) is 0.534. The number of piperidine rings is 1. The first kappa shape index (κ1) is 24.5. The number of fused-ring (bicyclic) bond motifs is 1. The third-order valence-electron chi connectivity index (χ3n) is 7.51. The number of benzene rings is 1. The highest BCUT2D eigenvalue weighted by Gasteiger charge is 2.46. The van der Waals surface area contributed by atoms with Crippen LogP contribution in [0.3, 0.4) is 0 Å². The van der Waals surface area contributed by atoms with Crippen LogP contribution in [0.4, 0.5) is 5.95 Å². The molecule has 2 atom stereocenters. The van der Waals surface area contributed by atoms with Gasteiger partial charge in [-0.3, -0.25) is 14.5 Å². The summed E-state index contributed by atoms with van der Waals surface area (Å²) in [4.78, 5) is 21.7. The third kappa shape index (κ3) is 4.80. The van der Waals surface area contributed by atoms with Gasteiger partial charge in [0.15, 0.2) is 0 Å². The molecule has 2 aromatic heterocycles. The number of nitrogens with zero attached hydrogens (tertiary/aromatic N) is 4. The lowest BCUT2D eigenvalue weighted by atomic mass is 9.74.